The molecule has 0 aliphatic heterocycles. The third-order valence-corrected chi connectivity index (χ3v) is 4.08. The number of para-hydroxylation sites is 1. The maximum atomic E-state index is 14.0. The van der Waals surface area contributed by atoms with Gasteiger partial charge in [-0.3, -0.25) is 0 Å². The quantitative estimate of drug-likeness (QED) is 0.898. The zero-order valence-corrected chi connectivity index (χ0v) is 13.1. The van der Waals surface area contributed by atoms with Gasteiger partial charge >= 0.3 is 0 Å². The molecule has 2 aromatic carbocycles. The van der Waals surface area contributed by atoms with Gasteiger partial charge in [0.15, 0.2) is 0 Å². The maximum Gasteiger partial charge on any atom is 0.128 e. The van der Waals surface area contributed by atoms with E-state index in [0.717, 1.165) is 17.7 Å². The van der Waals surface area contributed by atoms with E-state index in [9.17, 15) is 4.39 Å². The Balaban J connectivity index is 2.40. The Morgan fingerprint density at radius 3 is 2.57 bits per heavy atom. The lowest BCUT2D eigenvalue weighted by molar-refractivity contribution is 0.585. The molecular weight excluding hydrogens is 287 g/mol. The minimum absolute atomic E-state index is 0.123. The van der Waals surface area contributed by atoms with Crippen LogP contribution in [0.2, 0.25) is 5.02 Å². The molecule has 0 spiro atoms. The highest BCUT2D eigenvalue weighted by atomic mass is 35.5. The third kappa shape index (κ3) is 3.36. The fraction of sp³-hybridized carbons (Fsp3) is 0.294. The van der Waals surface area contributed by atoms with Gasteiger partial charge in [-0.15, -0.1) is 0 Å². The largest absolute Gasteiger partial charge is 0.366 e. The number of nitrogens with two attached hydrogens (primary N) is 1. The fourth-order valence-electron chi connectivity index (χ4n) is 2.53. The van der Waals surface area contributed by atoms with E-state index in [0.29, 0.717) is 17.1 Å². The Kier molecular flexibility index (Phi) is 5.21. The molecule has 112 valence electrons. The van der Waals surface area contributed by atoms with Crippen LogP contribution >= 0.6 is 11.6 Å². The number of hydrogen-bond acceptors (Lipinski definition) is 2. The van der Waals surface area contributed by atoms with Gasteiger partial charge in [0.2, 0.25) is 0 Å². The summed E-state index contributed by atoms with van der Waals surface area (Å²) in [7, 11) is 1.93. The van der Waals surface area contributed by atoms with Crippen LogP contribution in [0.4, 0.5) is 10.1 Å². The molecule has 0 heterocycles. The van der Waals surface area contributed by atoms with Crippen LogP contribution in [0.25, 0.3) is 0 Å². The van der Waals surface area contributed by atoms with E-state index in [1.165, 1.54) is 6.07 Å². The molecule has 0 bridgehead atoms. The van der Waals surface area contributed by atoms with E-state index in [2.05, 4.69) is 0 Å². The second-order valence-electron chi connectivity index (χ2n) is 5.09. The highest BCUT2D eigenvalue weighted by molar-refractivity contribution is 6.33. The number of rotatable bonds is 5. The number of benzene rings is 2. The summed E-state index contributed by atoms with van der Waals surface area (Å²) < 4.78 is 14.0. The van der Waals surface area contributed by atoms with Crippen molar-refractivity contribution >= 4 is 17.3 Å². The summed E-state index contributed by atoms with van der Waals surface area (Å²) in [6.07, 6.45) is 0.740. The molecule has 0 aliphatic carbocycles. The summed E-state index contributed by atoms with van der Waals surface area (Å²) in [5.41, 5.74) is 8.32. The number of hydrogen-bond donors (Lipinski definition) is 1. The lowest BCUT2D eigenvalue weighted by atomic mass is 10.0. The Labute approximate surface area is 130 Å². The second kappa shape index (κ2) is 6.92. The predicted octanol–water partition coefficient (Wildman–Crippen LogP) is 4.18. The molecule has 1 atom stereocenters. The topological polar surface area (TPSA) is 29.3 Å². The molecule has 0 radical (unpaired) electrons. The van der Waals surface area contributed by atoms with Crippen molar-refractivity contribution in [2.75, 3.05) is 18.5 Å². The normalized spacial score (nSPS) is 12.2. The van der Waals surface area contributed by atoms with Crippen molar-refractivity contribution in [3.8, 4) is 0 Å². The zero-order valence-electron chi connectivity index (χ0n) is 12.3. The van der Waals surface area contributed by atoms with Crippen molar-refractivity contribution in [3.05, 3.63) is 64.4 Å². The number of anilines is 1. The standard InChI is InChI=1S/C17H20ClFN2/c1-12(14-7-3-4-9-16(14)19)21(2)17-13(10-11-20)6-5-8-15(17)18/h3-9,12H,10-11,20H2,1-2H3. The van der Waals surface area contributed by atoms with Crippen molar-refractivity contribution in [2.45, 2.75) is 19.4 Å². The van der Waals surface area contributed by atoms with Crippen LogP contribution in [-0.4, -0.2) is 13.6 Å². The summed E-state index contributed by atoms with van der Waals surface area (Å²) in [5, 5.41) is 0.659. The third-order valence-electron chi connectivity index (χ3n) is 3.77. The van der Waals surface area contributed by atoms with Gasteiger partial charge in [-0.2, -0.15) is 0 Å². The molecule has 2 N–H and O–H groups in total. The lowest BCUT2D eigenvalue weighted by Crippen LogP contribution is -2.24. The van der Waals surface area contributed by atoms with E-state index in [-0.39, 0.29) is 11.9 Å². The van der Waals surface area contributed by atoms with Crippen LogP contribution in [0.5, 0.6) is 0 Å². The van der Waals surface area contributed by atoms with Crippen LogP contribution in [0.1, 0.15) is 24.1 Å². The molecule has 4 heteroatoms. The van der Waals surface area contributed by atoms with Crippen LogP contribution in [0, 0.1) is 5.82 Å². The van der Waals surface area contributed by atoms with Crippen molar-refractivity contribution in [2.24, 2.45) is 5.73 Å². The molecule has 2 aromatic rings. The smallest absolute Gasteiger partial charge is 0.128 e. The van der Waals surface area contributed by atoms with Gasteiger partial charge in [0.1, 0.15) is 5.82 Å². The van der Waals surface area contributed by atoms with Crippen molar-refractivity contribution in [1.29, 1.82) is 0 Å². The molecule has 0 amide bonds. The van der Waals surface area contributed by atoms with E-state index in [1.54, 1.807) is 12.1 Å². The first-order valence-corrected chi connectivity index (χ1v) is 7.38. The first kappa shape index (κ1) is 15.8. The molecule has 0 aromatic heterocycles. The highest BCUT2D eigenvalue weighted by Crippen LogP contribution is 2.35. The first-order valence-electron chi connectivity index (χ1n) is 7.01. The van der Waals surface area contributed by atoms with Crippen LogP contribution < -0.4 is 10.6 Å². The van der Waals surface area contributed by atoms with Gasteiger partial charge in [0.05, 0.1) is 16.8 Å². The molecule has 0 saturated carbocycles. The van der Waals surface area contributed by atoms with E-state index in [4.69, 9.17) is 17.3 Å². The summed E-state index contributed by atoms with van der Waals surface area (Å²) >= 11 is 6.36. The number of nitrogens with zero attached hydrogens (tertiary/aromatic N) is 1. The van der Waals surface area contributed by atoms with Gasteiger partial charge < -0.3 is 10.6 Å². The molecule has 0 saturated heterocycles. The van der Waals surface area contributed by atoms with Gasteiger partial charge in [-0.05, 0) is 37.6 Å². The SMILES string of the molecule is CC(c1ccccc1F)N(C)c1c(Cl)cccc1CCN. The number of halogens is 2. The molecule has 1 unspecified atom stereocenters. The summed E-state index contributed by atoms with van der Waals surface area (Å²) in [6, 6.07) is 12.5. The van der Waals surface area contributed by atoms with Crippen molar-refractivity contribution in [1.82, 2.24) is 0 Å². The van der Waals surface area contributed by atoms with Gasteiger partial charge in [0.25, 0.3) is 0 Å². The molecule has 2 nitrogen and oxygen atoms in total. The van der Waals surface area contributed by atoms with Gasteiger partial charge in [-0.1, -0.05) is 41.9 Å². The highest BCUT2D eigenvalue weighted by Gasteiger charge is 2.19. The maximum absolute atomic E-state index is 14.0. The molecular formula is C17H20ClFN2. The van der Waals surface area contributed by atoms with Gasteiger partial charge in [0, 0.05) is 12.6 Å². The second-order valence-corrected chi connectivity index (χ2v) is 5.50. The van der Waals surface area contributed by atoms with Crippen LogP contribution in [0.3, 0.4) is 0 Å². The van der Waals surface area contributed by atoms with Crippen molar-refractivity contribution < 1.29 is 4.39 Å². The Hall–Kier alpha value is -1.58. The zero-order chi connectivity index (χ0) is 15.4. The van der Waals surface area contributed by atoms with E-state index >= 15 is 0 Å². The van der Waals surface area contributed by atoms with E-state index < -0.39 is 0 Å². The Bertz CT molecular complexity index is 615. The predicted molar refractivity (Wildman–Crippen MR) is 87.4 cm³/mol. The van der Waals surface area contributed by atoms with Crippen LogP contribution in [-0.2, 0) is 6.42 Å². The average molecular weight is 307 g/mol. The Morgan fingerprint density at radius 1 is 1.19 bits per heavy atom. The lowest BCUT2D eigenvalue weighted by Gasteiger charge is -2.30. The van der Waals surface area contributed by atoms with E-state index in [1.807, 2.05) is 43.1 Å². The van der Waals surface area contributed by atoms with Crippen LogP contribution in [0.15, 0.2) is 42.5 Å². The summed E-state index contributed by atoms with van der Waals surface area (Å²) in [6.45, 7) is 2.52. The monoisotopic (exact) mass is 306 g/mol. The molecule has 2 rings (SSSR count). The van der Waals surface area contributed by atoms with Crippen molar-refractivity contribution in [3.63, 3.8) is 0 Å². The molecule has 21 heavy (non-hydrogen) atoms. The average Bonchev–Trinajstić information content (AvgIpc) is 2.47. The van der Waals surface area contributed by atoms with Gasteiger partial charge in [-0.25, -0.2) is 4.39 Å². The minimum atomic E-state index is -0.204. The summed E-state index contributed by atoms with van der Waals surface area (Å²) in [4.78, 5) is 2.01. The minimum Gasteiger partial charge on any atom is -0.366 e. The molecule has 0 fully saturated rings. The Morgan fingerprint density at radius 2 is 1.90 bits per heavy atom. The molecule has 0 aliphatic rings. The first-order chi connectivity index (χ1) is 10.1. The summed E-state index contributed by atoms with van der Waals surface area (Å²) in [5.74, 6) is -0.204. The fourth-order valence-corrected chi connectivity index (χ4v) is 2.86.